The van der Waals surface area contributed by atoms with Crippen LogP contribution >= 0.6 is 0 Å². The Morgan fingerprint density at radius 3 is 2.68 bits per heavy atom. The summed E-state index contributed by atoms with van der Waals surface area (Å²) in [7, 11) is 3.04. The van der Waals surface area contributed by atoms with E-state index < -0.39 is 0 Å². The van der Waals surface area contributed by atoms with Crippen molar-refractivity contribution in [1.82, 2.24) is 4.98 Å². The molecular weight excluding hydrogens is 322 g/mol. The molecule has 25 heavy (non-hydrogen) atoms. The summed E-state index contributed by atoms with van der Waals surface area (Å²) in [5.74, 6) is 1.40. The summed E-state index contributed by atoms with van der Waals surface area (Å²) < 4.78 is 15.8. The number of anilines is 1. The zero-order valence-electron chi connectivity index (χ0n) is 14.1. The second kappa shape index (κ2) is 9.13. The first-order valence-electron chi connectivity index (χ1n) is 7.67. The molecule has 0 bridgehead atoms. The Morgan fingerprint density at radius 1 is 1.20 bits per heavy atom. The highest BCUT2D eigenvalue weighted by atomic mass is 16.5. The molecule has 0 saturated carbocycles. The molecule has 2 rings (SSSR count). The Morgan fingerprint density at radius 2 is 2.04 bits per heavy atom. The third-order valence-corrected chi connectivity index (χ3v) is 3.33. The number of rotatable bonds is 8. The fourth-order valence-electron chi connectivity index (χ4n) is 2.07. The maximum Gasteiger partial charge on any atom is 0.224 e. The van der Waals surface area contributed by atoms with Crippen LogP contribution in [0.5, 0.6) is 17.4 Å². The second-order valence-corrected chi connectivity index (χ2v) is 5.07. The predicted octanol–water partition coefficient (Wildman–Crippen LogP) is 2.77. The normalized spacial score (nSPS) is 9.80. The molecule has 0 radical (unpaired) electrons. The van der Waals surface area contributed by atoms with Crippen molar-refractivity contribution in [2.24, 2.45) is 0 Å². The summed E-state index contributed by atoms with van der Waals surface area (Å²) in [6, 6.07) is 10.4. The zero-order valence-corrected chi connectivity index (χ0v) is 14.1. The fourth-order valence-corrected chi connectivity index (χ4v) is 2.07. The molecule has 0 spiro atoms. The SMILES string of the molecule is COc1ccc(NC(=O)CCCOc2ccc(C#N)cc2OC)cn1. The summed E-state index contributed by atoms with van der Waals surface area (Å²) in [5, 5.41) is 11.6. The van der Waals surface area contributed by atoms with E-state index in [1.165, 1.54) is 20.4 Å². The number of carbonyl (C=O) groups is 1. The lowest BCUT2D eigenvalue weighted by atomic mass is 10.2. The standard InChI is InChI=1S/C18H19N3O4/c1-23-16-10-13(11-19)5-7-15(16)25-9-3-4-17(22)21-14-6-8-18(24-2)20-12-14/h5-8,10,12H,3-4,9H2,1-2H3,(H,21,22). The Labute approximate surface area is 146 Å². The van der Waals surface area contributed by atoms with E-state index in [1.807, 2.05) is 6.07 Å². The van der Waals surface area contributed by atoms with Crippen LogP contribution in [-0.4, -0.2) is 31.7 Å². The van der Waals surface area contributed by atoms with Gasteiger partial charge in [-0.15, -0.1) is 0 Å². The number of hydrogen-bond acceptors (Lipinski definition) is 6. The van der Waals surface area contributed by atoms with Gasteiger partial charge in [0.25, 0.3) is 0 Å². The maximum atomic E-state index is 11.9. The lowest BCUT2D eigenvalue weighted by molar-refractivity contribution is -0.116. The van der Waals surface area contributed by atoms with Crippen LogP contribution in [0.2, 0.25) is 0 Å². The molecule has 7 heteroatoms. The van der Waals surface area contributed by atoms with Crippen molar-refractivity contribution >= 4 is 11.6 Å². The van der Waals surface area contributed by atoms with Gasteiger partial charge < -0.3 is 19.5 Å². The van der Waals surface area contributed by atoms with Gasteiger partial charge in [-0.1, -0.05) is 0 Å². The summed E-state index contributed by atoms with van der Waals surface area (Å²) in [5.41, 5.74) is 1.11. The number of pyridine rings is 1. The van der Waals surface area contributed by atoms with Crippen LogP contribution in [0.15, 0.2) is 36.5 Å². The molecule has 0 atom stereocenters. The molecule has 7 nitrogen and oxygen atoms in total. The average molecular weight is 341 g/mol. The second-order valence-electron chi connectivity index (χ2n) is 5.07. The Bertz CT molecular complexity index is 754. The van der Waals surface area contributed by atoms with E-state index in [9.17, 15) is 4.79 Å². The van der Waals surface area contributed by atoms with Gasteiger partial charge in [0, 0.05) is 18.6 Å². The lowest BCUT2D eigenvalue weighted by Crippen LogP contribution is -2.13. The van der Waals surface area contributed by atoms with Gasteiger partial charge in [-0.25, -0.2) is 4.98 Å². The van der Waals surface area contributed by atoms with E-state index in [-0.39, 0.29) is 5.91 Å². The highest BCUT2D eigenvalue weighted by Crippen LogP contribution is 2.27. The van der Waals surface area contributed by atoms with Crippen molar-refractivity contribution in [3.05, 3.63) is 42.1 Å². The van der Waals surface area contributed by atoms with Crippen molar-refractivity contribution in [3.63, 3.8) is 0 Å². The number of nitriles is 1. The van der Waals surface area contributed by atoms with Gasteiger partial charge in [0.2, 0.25) is 11.8 Å². The molecule has 1 aromatic carbocycles. The van der Waals surface area contributed by atoms with Crippen LogP contribution in [-0.2, 0) is 4.79 Å². The summed E-state index contributed by atoms with van der Waals surface area (Å²) in [4.78, 5) is 15.9. The molecule has 0 aliphatic heterocycles. The highest BCUT2D eigenvalue weighted by molar-refractivity contribution is 5.90. The Hall–Kier alpha value is -3.27. The molecule has 1 N–H and O–H groups in total. The average Bonchev–Trinajstić information content (AvgIpc) is 2.65. The minimum atomic E-state index is -0.123. The number of amides is 1. The molecule has 130 valence electrons. The van der Waals surface area contributed by atoms with Crippen LogP contribution in [0.4, 0.5) is 5.69 Å². The smallest absolute Gasteiger partial charge is 0.224 e. The summed E-state index contributed by atoms with van der Waals surface area (Å²) >= 11 is 0. The summed E-state index contributed by atoms with van der Waals surface area (Å²) in [6.45, 7) is 0.358. The highest BCUT2D eigenvalue weighted by Gasteiger charge is 2.07. The molecule has 1 aromatic heterocycles. The van der Waals surface area contributed by atoms with Crippen molar-refractivity contribution in [2.45, 2.75) is 12.8 Å². The molecule has 1 heterocycles. The van der Waals surface area contributed by atoms with Gasteiger partial charge in [-0.05, 0) is 24.6 Å². The topological polar surface area (TPSA) is 93.5 Å². The number of hydrogen-bond donors (Lipinski definition) is 1. The van der Waals surface area contributed by atoms with Crippen molar-refractivity contribution in [2.75, 3.05) is 26.1 Å². The first-order valence-corrected chi connectivity index (χ1v) is 7.67. The number of aromatic nitrogens is 1. The van der Waals surface area contributed by atoms with Crippen molar-refractivity contribution in [1.29, 1.82) is 5.26 Å². The Balaban J connectivity index is 1.77. The monoisotopic (exact) mass is 341 g/mol. The number of methoxy groups -OCH3 is 2. The van der Waals surface area contributed by atoms with Crippen LogP contribution in [0, 0.1) is 11.3 Å². The molecule has 0 saturated heterocycles. The molecule has 0 aliphatic carbocycles. The maximum absolute atomic E-state index is 11.9. The van der Waals surface area contributed by atoms with Crippen molar-refractivity contribution < 1.29 is 19.0 Å². The third-order valence-electron chi connectivity index (χ3n) is 3.33. The number of nitrogens with zero attached hydrogens (tertiary/aromatic N) is 2. The quantitative estimate of drug-likeness (QED) is 0.742. The van der Waals surface area contributed by atoms with Crippen molar-refractivity contribution in [3.8, 4) is 23.4 Å². The zero-order chi connectivity index (χ0) is 18.1. The first kappa shape index (κ1) is 18.1. The number of benzene rings is 1. The van der Waals surface area contributed by atoms with E-state index in [2.05, 4.69) is 10.3 Å². The van der Waals surface area contributed by atoms with E-state index in [0.717, 1.165) is 0 Å². The van der Waals surface area contributed by atoms with E-state index in [0.29, 0.717) is 48.1 Å². The molecular formula is C18H19N3O4. The third kappa shape index (κ3) is 5.39. The largest absolute Gasteiger partial charge is 0.493 e. The lowest BCUT2D eigenvalue weighted by Gasteiger charge is -2.11. The van der Waals surface area contributed by atoms with Gasteiger partial charge in [-0.2, -0.15) is 5.26 Å². The Kier molecular flexibility index (Phi) is 6.60. The molecule has 0 unspecified atom stereocenters. The fraction of sp³-hybridized carbons (Fsp3) is 0.278. The molecule has 0 aliphatic rings. The van der Waals surface area contributed by atoms with E-state index >= 15 is 0 Å². The van der Waals surface area contributed by atoms with E-state index in [1.54, 1.807) is 30.3 Å². The van der Waals surface area contributed by atoms with E-state index in [4.69, 9.17) is 19.5 Å². The van der Waals surface area contributed by atoms with Crippen LogP contribution in [0.1, 0.15) is 18.4 Å². The first-order chi connectivity index (χ1) is 12.2. The van der Waals surface area contributed by atoms with Gasteiger partial charge >= 0.3 is 0 Å². The predicted molar refractivity (Wildman–Crippen MR) is 91.9 cm³/mol. The van der Waals surface area contributed by atoms with Gasteiger partial charge in [-0.3, -0.25) is 4.79 Å². The van der Waals surface area contributed by atoms with Crippen LogP contribution in [0.25, 0.3) is 0 Å². The molecule has 0 fully saturated rings. The van der Waals surface area contributed by atoms with Gasteiger partial charge in [0.1, 0.15) is 0 Å². The van der Waals surface area contributed by atoms with Gasteiger partial charge in [0.15, 0.2) is 11.5 Å². The van der Waals surface area contributed by atoms with Crippen LogP contribution in [0.3, 0.4) is 0 Å². The minimum absolute atomic E-state index is 0.123. The molecule has 1 amide bonds. The van der Waals surface area contributed by atoms with Crippen LogP contribution < -0.4 is 19.5 Å². The van der Waals surface area contributed by atoms with Gasteiger partial charge in [0.05, 0.1) is 44.3 Å². The number of carbonyl (C=O) groups excluding carboxylic acids is 1. The minimum Gasteiger partial charge on any atom is -0.493 e. The number of nitrogens with one attached hydrogen (secondary N) is 1. The summed E-state index contributed by atoms with van der Waals surface area (Å²) in [6.07, 6.45) is 2.39. The molecule has 2 aromatic rings. The number of ether oxygens (including phenoxy) is 3.